The molecule has 0 saturated heterocycles. The Bertz CT molecular complexity index is 286. The Kier molecular flexibility index (Phi) is 2.78. The van der Waals surface area contributed by atoms with Crippen LogP contribution in [0, 0.1) is 5.92 Å². The molecule has 0 radical (unpaired) electrons. The quantitative estimate of drug-likeness (QED) is 0.881. The monoisotopic (exact) mass is 241 g/mol. The van der Waals surface area contributed by atoms with Gasteiger partial charge in [0.15, 0.2) is 0 Å². The molecule has 0 aliphatic heterocycles. The fourth-order valence-corrected chi connectivity index (χ4v) is 1.60. The second-order valence-corrected chi connectivity index (χ2v) is 4.23. The van der Waals surface area contributed by atoms with Crippen molar-refractivity contribution in [3.63, 3.8) is 0 Å². The average molecular weight is 242 g/mol. The summed E-state index contributed by atoms with van der Waals surface area (Å²) in [7, 11) is 0. The standard InChI is InChI=1S/C9H12BrN3/c10-8-5-11-6-13-9(8)12-4-3-7-1-2-7/h5-7H,1-4H2,(H,11,12,13). The van der Waals surface area contributed by atoms with Crippen molar-refractivity contribution in [2.45, 2.75) is 19.3 Å². The van der Waals surface area contributed by atoms with Crippen LogP contribution in [0.2, 0.25) is 0 Å². The maximum Gasteiger partial charge on any atom is 0.143 e. The van der Waals surface area contributed by atoms with Gasteiger partial charge in [-0.15, -0.1) is 0 Å². The van der Waals surface area contributed by atoms with Crippen molar-refractivity contribution in [3.05, 3.63) is 17.0 Å². The molecular formula is C9H12BrN3. The van der Waals surface area contributed by atoms with Gasteiger partial charge in [0.25, 0.3) is 0 Å². The van der Waals surface area contributed by atoms with Gasteiger partial charge in [0.05, 0.1) is 4.47 Å². The van der Waals surface area contributed by atoms with Crippen molar-refractivity contribution < 1.29 is 0 Å². The SMILES string of the molecule is Brc1cncnc1NCCC1CC1. The molecule has 1 fully saturated rings. The number of aromatic nitrogens is 2. The normalized spacial score (nSPS) is 15.8. The number of nitrogens with zero attached hydrogens (tertiary/aromatic N) is 2. The highest BCUT2D eigenvalue weighted by Gasteiger charge is 2.20. The first-order chi connectivity index (χ1) is 6.36. The molecule has 1 aliphatic carbocycles. The van der Waals surface area contributed by atoms with Gasteiger partial charge in [-0.25, -0.2) is 9.97 Å². The summed E-state index contributed by atoms with van der Waals surface area (Å²) in [6.07, 6.45) is 7.40. The van der Waals surface area contributed by atoms with Crippen molar-refractivity contribution in [1.29, 1.82) is 0 Å². The Labute approximate surface area is 86.1 Å². The van der Waals surface area contributed by atoms with E-state index in [1.165, 1.54) is 19.3 Å². The number of nitrogens with one attached hydrogen (secondary N) is 1. The number of anilines is 1. The fraction of sp³-hybridized carbons (Fsp3) is 0.556. The molecule has 1 N–H and O–H groups in total. The minimum absolute atomic E-state index is 0.899. The zero-order valence-corrected chi connectivity index (χ0v) is 8.92. The smallest absolute Gasteiger partial charge is 0.143 e. The van der Waals surface area contributed by atoms with Crippen LogP contribution in [-0.2, 0) is 0 Å². The van der Waals surface area contributed by atoms with Crippen molar-refractivity contribution in [1.82, 2.24) is 9.97 Å². The summed E-state index contributed by atoms with van der Waals surface area (Å²) in [6, 6.07) is 0. The van der Waals surface area contributed by atoms with E-state index in [-0.39, 0.29) is 0 Å². The van der Waals surface area contributed by atoms with E-state index in [4.69, 9.17) is 0 Å². The van der Waals surface area contributed by atoms with E-state index in [2.05, 4.69) is 31.2 Å². The highest BCUT2D eigenvalue weighted by atomic mass is 79.9. The van der Waals surface area contributed by atoms with Crippen LogP contribution >= 0.6 is 15.9 Å². The lowest BCUT2D eigenvalue weighted by molar-refractivity contribution is 0.757. The van der Waals surface area contributed by atoms with Crippen LogP contribution in [0.3, 0.4) is 0 Å². The minimum atomic E-state index is 0.899. The Hall–Kier alpha value is -0.640. The minimum Gasteiger partial charge on any atom is -0.369 e. The van der Waals surface area contributed by atoms with Crippen LogP contribution in [0.1, 0.15) is 19.3 Å². The zero-order chi connectivity index (χ0) is 9.10. The number of hydrogen-bond donors (Lipinski definition) is 1. The molecule has 0 aromatic carbocycles. The lowest BCUT2D eigenvalue weighted by Crippen LogP contribution is -2.04. The summed E-state index contributed by atoms with van der Waals surface area (Å²) in [4.78, 5) is 8.03. The van der Waals surface area contributed by atoms with Crippen molar-refractivity contribution in [2.75, 3.05) is 11.9 Å². The average Bonchev–Trinajstić information content (AvgIpc) is 2.92. The summed E-state index contributed by atoms with van der Waals surface area (Å²) < 4.78 is 0.936. The molecule has 0 unspecified atom stereocenters. The van der Waals surface area contributed by atoms with Gasteiger partial charge in [0.2, 0.25) is 0 Å². The topological polar surface area (TPSA) is 37.8 Å². The largest absolute Gasteiger partial charge is 0.369 e. The molecule has 0 amide bonds. The maximum absolute atomic E-state index is 4.13. The van der Waals surface area contributed by atoms with Crippen molar-refractivity contribution >= 4 is 21.7 Å². The predicted molar refractivity (Wildman–Crippen MR) is 55.6 cm³/mol. The lowest BCUT2D eigenvalue weighted by atomic mass is 10.3. The number of hydrogen-bond acceptors (Lipinski definition) is 3. The molecule has 4 heteroatoms. The highest BCUT2D eigenvalue weighted by Crippen LogP contribution is 2.32. The molecule has 0 atom stereocenters. The second-order valence-electron chi connectivity index (χ2n) is 3.38. The maximum atomic E-state index is 4.13. The van der Waals surface area contributed by atoms with E-state index in [9.17, 15) is 0 Å². The first kappa shape index (κ1) is 8.94. The van der Waals surface area contributed by atoms with Crippen LogP contribution in [0.15, 0.2) is 17.0 Å². The first-order valence-electron chi connectivity index (χ1n) is 4.55. The summed E-state index contributed by atoms with van der Waals surface area (Å²) in [6.45, 7) is 1.01. The van der Waals surface area contributed by atoms with E-state index in [0.29, 0.717) is 0 Å². The lowest BCUT2D eigenvalue weighted by Gasteiger charge is -2.05. The Morgan fingerprint density at radius 3 is 3.08 bits per heavy atom. The third kappa shape index (κ3) is 2.66. The van der Waals surface area contributed by atoms with Gasteiger partial charge in [-0.05, 0) is 28.3 Å². The van der Waals surface area contributed by atoms with E-state index < -0.39 is 0 Å². The third-order valence-electron chi connectivity index (χ3n) is 2.21. The first-order valence-corrected chi connectivity index (χ1v) is 5.35. The van der Waals surface area contributed by atoms with E-state index in [1.807, 2.05) is 0 Å². The Balaban J connectivity index is 1.82. The van der Waals surface area contributed by atoms with Crippen LogP contribution in [-0.4, -0.2) is 16.5 Å². The molecule has 0 bridgehead atoms. The van der Waals surface area contributed by atoms with Crippen LogP contribution in [0.5, 0.6) is 0 Å². The molecule has 1 heterocycles. The van der Waals surface area contributed by atoms with Gasteiger partial charge >= 0.3 is 0 Å². The van der Waals surface area contributed by atoms with Gasteiger partial charge in [-0.2, -0.15) is 0 Å². The van der Waals surface area contributed by atoms with Gasteiger partial charge < -0.3 is 5.32 Å². The highest BCUT2D eigenvalue weighted by molar-refractivity contribution is 9.10. The summed E-state index contributed by atoms with van der Waals surface area (Å²) >= 11 is 3.39. The molecule has 1 aliphatic rings. The van der Waals surface area contributed by atoms with Crippen LogP contribution < -0.4 is 5.32 Å². The second kappa shape index (κ2) is 4.05. The van der Waals surface area contributed by atoms with E-state index >= 15 is 0 Å². The number of halogens is 1. The molecule has 70 valence electrons. The van der Waals surface area contributed by atoms with Crippen LogP contribution in [0.25, 0.3) is 0 Å². The van der Waals surface area contributed by atoms with Crippen molar-refractivity contribution in [2.24, 2.45) is 5.92 Å². The molecule has 3 nitrogen and oxygen atoms in total. The van der Waals surface area contributed by atoms with Gasteiger partial charge in [0, 0.05) is 12.7 Å². The van der Waals surface area contributed by atoms with E-state index in [1.54, 1.807) is 12.5 Å². The van der Waals surface area contributed by atoms with Crippen molar-refractivity contribution in [3.8, 4) is 0 Å². The molecule has 13 heavy (non-hydrogen) atoms. The Morgan fingerprint density at radius 2 is 2.38 bits per heavy atom. The summed E-state index contributed by atoms with van der Waals surface area (Å²) in [5, 5.41) is 3.29. The molecule has 1 aromatic heterocycles. The molecule has 1 saturated carbocycles. The summed E-state index contributed by atoms with van der Waals surface area (Å²) in [5.74, 6) is 1.86. The van der Waals surface area contributed by atoms with Crippen LogP contribution in [0.4, 0.5) is 5.82 Å². The van der Waals surface area contributed by atoms with Gasteiger partial charge in [-0.3, -0.25) is 0 Å². The molecule has 1 aromatic rings. The molecular weight excluding hydrogens is 230 g/mol. The number of rotatable bonds is 4. The summed E-state index contributed by atoms with van der Waals surface area (Å²) in [5.41, 5.74) is 0. The zero-order valence-electron chi connectivity index (χ0n) is 7.33. The van der Waals surface area contributed by atoms with Gasteiger partial charge in [0.1, 0.15) is 12.1 Å². The third-order valence-corrected chi connectivity index (χ3v) is 2.79. The molecule has 2 rings (SSSR count). The molecule has 0 spiro atoms. The van der Waals surface area contributed by atoms with E-state index in [0.717, 1.165) is 22.8 Å². The predicted octanol–water partition coefficient (Wildman–Crippen LogP) is 2.45. The fourth-order valence-electron chi connectivity index (χ4n) is 1.24. The Morgan fingerprint density at radius 1 is 1.54 bits per heavy atom. The van der Waals surface area contributed by atoms with Gasteiger partial charge in [-0.1, -0.05) is 12.8 Å².